The van der Waals surface area contributed by atoms with Crippen LogP contribution in [0.25, 0.3) is 0 Å². The van der Waals surface area contributed by atoms with Crippen molar-refractivity contribution < 1.29 is 9.53 Å². The Balaban J connectivity index is 2.52. The zero-order valence-electron chi connectivity index (χ0n) is 8.82. The molecule has 0 aliphatic rings. The van der Waals surface area contributed by atoms with Crippen LogP contribution >= 0.6 is 0 Å². The van der Waals surface area contributed by atoms with Crippen molar-refractivity contribution in [2.75, 3.05) is 13.1 Å². The Kier molecular flexibility index (Phi) is 4.63. The van der Waals surface area contributed by atoms with E-state index in [1.54, 1.807) is 12.1 Å². The number of hydrogen-bond acceptors (Lipinski definition) is 3. The van der Waals surface area contributed by atoms with E-state index in [-0.39, 0.29) is 0 Å². The molecule has 0 radical (unpaired) electrons. The van der Waals surface area contributed by atoms with Gasteiger partial charge in [0.1, 0.15) is 5.75 Å². The van der Waals surface area contributed by atoms with Crippen molar-refractivity contribution in [1.29, 1.82) is 0 Å². The number of carbonyl (C=O) groups is 1. The van der Waals surface area contributed by atoms with Crippen molar-refractivity contribution >= 4 is 6.09 Å². The molecule has 0 aliphatic carbocycles. The summed E-state index contributed by atoms with van der Waals surface area (Å²) in [6.07, 6.45) is 0.408. The second-order valence-corrected chi connectivity index (χ2v) is 3.10. The maximum absolute atomic E-state index is 11.1. The second-order valence-electron chi connectivity index (χ2n) is 3.10. The van der Waals surface area contributed by atoms with Crippen LogP contribution in [0, 0.1) is 0 Å². The normalized spacial score (nSPS) is 9.73. The zero-order valence-corrected chi connectivity index (χ0v) is 8.82. The maximum Gasteiger partial charge on any atom is 0.412 e. The molecule has 1 aromatic rings. The lowest BCUT2D eigenvalue weighted by Crippen LogP contribution is -2.26. The van der Waals surface area contributed by atoms with E-state index in [2.05, 4.69) is 5.32 Å². The first-order valence-electron chi connectivity index (χ1n) is 5.01. The highest BCUT2D eigenvalue weighted by molar-refractivity contribution is 5.70. The summed E-state index contributed by atoms with van der Waals surface area (Å²) in [6.45, 7) is 3.02. The topological polar surface area (TPSA) is 64.3 Å². The van der Waals surface area contributed by atoms with E-state index in [0.717, 1.165) is 12.0 Å². The quantitative estimate of drug-likeness (QED) is 0.783. The molecule has 0 bridgehead atoms. The number of carbonyl (C=O) groups excluding carboxylic acids is 1. The van der Waals surface area contributed by atoms with Gasteiger partial charge in [-0.15, -0.1) is 0 Å². The first-order chi connectivity index (χ1) is 7.26. The molecular formula is C11H16N2O2. The van der Waals surface area contributed by atoms with E-state index in [1.807, 2.05) is 19.1 Å². The lowest BCUT2D eigenvalue weighted by molar-refractivity contribution is 0.201. The predicted molar refractivity (Wildman–Crippen MR) is 58.9 cm³/mol. The molecule has 3 N–H and O–H groups in total. The molecule has 4 nitrogen and oxygen atoms in total. The molecule has 0 unspecified atom stereocenters. The standard InChI is InChI=1S/C11H16N2O2/c1-2-13-11(14)15-10-5-3-9(4-6-10)7-8-12/h3-6H,2,7-8,12H2,1H3,(H,13,14). The number of ether oxygens (including phenoxy) is 1. The molecule has 0 fully saturated rings. The van der Waals surface area contributed by atoms with E-state index >= 15 is 0 Å². The third kappa shape index (κ3) is 3.99. The maximum atomic E-state index is 11.1. The monoisotopic (exact) mass is 208 g/mol. The van der Waals surface area contributed by atoms with Gasteiger partial charge in [0.25, 0.3) is 0 Å². The fourth-order valence-electron chi connectivity index (χ4n) is 1.18. The van der Waals surface area contributed by atoms with Gasteiger partial charge in [-0.2, -0.15) is 0 Å². The minimum atomic E-state index is -0.427. The van der Waals surface area contributed by atoms with Gasteiger partial charge >= 0.3 is 6.09 Å². The lowest BCUT2D eigenvalue weighted by atomic mass is 10.1. The molecule has 4 heteroatoms. The van der Waals surface area contributed by atoms with Gasteiger partial charge < -0.3 is 15.8 Å². The Morgan fingerprint density at radius 1 is 1.40 bits per heavy atom. The molecule has 0 aromatic heterocycles. The van der Waals surface area contributed by atoms with E-state index in [0.29, 0.717) is 18.8 Å². The lowest BCUT2D eigenvalue weighted by Gasteiger charge is -2.05. The highest BCUT2D eigenvalue weighted by Gasteiger charge is 2.01. The van der Waals surface area contributed by atoms with Crippen LogP contribution in [-0.2, 0) is 6.42 Å². The van der Waals surface area contributed by atoms with Crippen LogP contribution in [0.4, 0.5) is 4.79 Å². The van der Waals surface area contributed by atoms with Gasteiger partial charge in [-0.3, -0.25) is 0 Å². The smallest absolute Gasteiger partial charge is 0.410 e. The van der Waals surface area contributed by atoms with Crippen molar-refractivity contribution in [3.8, 4) is 5.75 Å². The van der Waals surface area contributed by atoms with E-state index in [9.17, 15) is 4.79 Å². The van der Waals surface area contributed by atoms with Gasteiger partial charge in [0, 0.05) is 6.54 Å². The van der Waals surface area contributed by atoms with Crippen LogP contribution in [0.2, 0.25) is 0 Å². The zero-order chi connectivity index (χ0) is 11.1. The largest absolute Gasteiger partial charge is 0.412 e. The minimum Gasteiger partial charge on any atom is -0.410 e. The number of hydrogen-bond donors (Lipinski definition) is 2. The average Bonchev–Trinajstić information content (AvgIpc) is 2.22. The number of nitrogens with two attached hydrogens (primary N) is 1. The molecular weight excluding hydrogens is 192 g/mol. The first kappa shape index (κ1) is 11.5. The summed E-state index contributed by atoms with van der Waals surface area (Å²) in [5.74, 6) is 0.543. The molecule has 0 saturated heterocycles. The molecule has 0 aliphatic heterocycles. The van der Waals surface area contributed by atoms with Crippen molar-refractivity contribution in [3.05, 3.63) is 29.8 Å². The summed E-state index contributed by atoms with van der Waals surface area (Å²) in [5, 5.41) is 2.55. The van der Waals surface area contributed by atoms with Gasteiger partial charge in [0.15, 0.2) is 0 Å². The van der Waals surface area contributed by atoms with Crippen LogP contribution in [0.1, 0.15) is 12.5 Å². The van der Waals surface area contributed by atoms with Crippen LogP contribution in [0.15, 0.2) is 24.3 Å². The Morgan fingerprint density at radius 2 is 2.07 bits per heavy atom. The molecule has 0 heterocycles. The van der Waals surface area contributed by atoms with Crippen molar-refractivity contribution in [1.82, 2.24) is 5.32 Å². The third-order valence-electron chi connectivity index (χ3n) is 1.89. The van der Waals surface area contributed by atoms with Gasteiger partial charge in [-0.05, 0) is 37.6 Å². The summed E-state index contributed by atoms with van der Waals surface area (Å²) in [7, 11) is 0. The highest BCUT2D eigenvalue weighted by Crippen LogP contribution is 2.12. The molecule has 82 valence electrons. The molecule has 0 atom stereocenters. The van der Waals surface area contributed by atoms with E-state index in [4.69, 9.17) is 10.5 Å². The summed E-state index contributed by atoms with van der Waals surface area (Å²) in [6, 6.07) is 7.34. The van der Waals surface area contributed by atoms with Crippen LogP contribution < -0.4 is 15.8 Å². The molecule has 1 amide bonds. The van der Waals surface area contributed by atoms with Crippen LogP contribution in [-0.4, -0.2) is 19.2 Å². The number of benzene rings is 1. The van der Waals surface area contributed by atoms with Gasteiger partial charge in [0.2, 0.25) is 0 Å². The van der Waals surface area contributed by atoms with Gasteiger partial charge in [-0.1, -0.05) is 12.1 Å². The summed E-state index contributed by atoms with van der Waals surface area (Å²) >= 11 is 0. The van der Waals surface area contributed by atoms with Crippen molar-refractivity contribution in [2.45, 2.75) is 13.3 Å². The Bertz CT molecular complexity index is 309. The Labute approximate surface area is 89.4 Å². The summed E-state index contributed by atoms with van der Waals surface area (Å²) in [5.41, 5.74) is 6.56. The fourth-order valence-corrected chi connectivity index (χ4v) is 1.18. The molecule has 15 heavy (non-hydrogen) atoms. The first-order valence-corrected chi connectivity index (χ1v) is 5.01. The second kappa shape index (κ2) is 6.03. The average molecular weight is 208 g/mol. The SMILES string of the molecule is CCNC(=O)Oc1ccc(CCN)cc1. The highest BCUT2D eigenvalue weighted by atomic mass is 16.5. The molecule has 1 aromatic carbocycles. The molecule has 1 rings (SSSR count). The minimum absolute atomic E-state index is 0.427. The number of amides is 1. The number of rotatable bonds is 4. The number of nitrogens with one attached hydrogen (secondary N) is 1. The van der Waals surface area contributed by atoms with Crippen LogP contribution in [0.5, 0.6) is 5.75 Å². The molecule has 0 saturated carbocycles. The third-order valence-corrected chi connectivity index (χ3v) is 1.89. The Morgan fingerprint density at radius 3 is 2.60 bits per heavy atom. The fraction of sp³-hybridized carbons (Fsp3) is 0.364. The van der Waals surface area contributed by atoms with Gasteiger partial charge in [-0.25, -0.2) is 4.79 Å². The summed E-state index contributed by atoms with van der Waals surface area (Å²) in [4.78, 5) is 11.1. The predicted octanol–water partition coefficient (Wildman–Crippen LogP) is 1.30. The van der Waals surface area contributed by atoms with E-state index in [1.165, 1.54) is 0 Å². The van der Waals surface area contributed by atoms with Gasteiger partial charge in [0.05, 0.1) is 0 Å². The van der Waals surface area contributed by atoms with Crippen molar-refractivity contribution in [2.24, 2.45) is 5.73 Å². The Hall–Kier alpha value is -1.55. The van der Waals surface area contributed by atoms with E-state index < -0.39 is 6.09 Å². The summed E-state index contributed by atoms with van der Waals surface area (Å²) < 4.78 is 5.01. The molecule has 0 spiro atoms. The van der Waals surface area contributed by atoms with Crippen molar-refractivity contribution in [3.63, 3.8) is 0 Å². The van der Waals surface area contributed by atoms with Crippen LogP contribution in [0.3, 0.4) is 0 Å².